The van der Waals surface area contributed by atoms with E-state index in [0.717, 1.165) is 5.39 Å². The van der Waals surface area contributed by atoms with Crippen molar-refractivity contribution in [2.75, 3.05) is 11.5 Å². The normalized spacial score (nSPS) is 12.0. The van der Waals surface area contributed by atoms with Gasteiger partial charge in [0, 0.05) is 16.6 Å². The second kappa shape index (κ2) is 7.59. The van der Waals surface area contributed by atoms with Gasteiger partial charge < -0.3 is 15.5 Å². The Hall–Kier alpha value is -3.19. The number of benzene rings is 2. The maximum Gasteiger partial charge on any atom is 0.354 e. The van der Waals surface area contributed by atoms with Crippen LogP contribution in [0.4, 0.5) is 15.8 Å². The first-order valence-electron chi connectivity index (χ1n) is 8.55. The molecule has 140 valence electrons. The molecule has 3 aromatic rings. The first-order valence-corrected chi connectivity index (χ1v) is 8.55. The van der Waals surface area contributed by atoms with E-state index in [1.807, 2.05) is 0 Å². The van der Waals surface area contributed by atoms with Gasteiger partial charge in [-0.05, 0) is 56.3 Å². The predicted octanol–water partition coefficient (Wildman–Crippen LogP) is 3.50. The van der Waals surface area contributed by atoms with E-state index in [4.69, 9.17) is 10.5 Å². The third-order valence-corrected chi connectivity index (χ3v) is 4.03. The third kappa shape index (κ3) is 3.83. The summed E-state index contributed by atoms with van der Waals surface area (Å²) in [4.78, 5) is 28.9. The summed E-state index contributed by atoms with van der Waals surface area (Å²) in [6.07, 6.45) is 0. The number of H-pyrrole nitrogens is 1. The van der Waals surface area contributed by atoms with Gasteiger partial charge in [0.1, 0.15) is 11.5 Å². The Morgan fingerprint density at radius 2 is 1.93 bits per heavy atom. The molecule has 0 aliphatic heterocycles. The Balaban J connectivity index is 2.07. The van der Waals surface area contributed by atoms with Crippen LogP contribution in [0.5, 0.6) is 0 Å². The van der Waals surface area contributed by atoms with Crippen LogP contribution in [0.1, 0.15) is 24.3 Å². The molecule has 1 aromatic heterocycles. The van der Waals surface area contributed by atoms with E-state index in [9.17, 15) is 14.0 Å². The Bertz CT molecular complexity index is 997. The van der Waals surface area contributed by atoms with Crippen LogP contribution in [0.3, 0.4) is 0 Å². The van der Waals surface area contributed by atoms with Gasteiger partial charge in [0.15, 0.2) is 0 Å². The molecule has 27 heavy (non-hydrogen) atoms. The highest BCUT2D eigenvalue weighted by Crippen LogP contribution is 2.30. The highest BCUT2D eigenvalue weighted by molar-refractivity contribution is 6.05. The van der Waals surface area contributed by atoms with Crippen molar-refractivity contribution in [2.24, 2.45) is 5.73 Å². The van der Waals surface area contributed by atoms with E-state index in [1.54, 1.807) is 44.2 Å². The molecule has 0 saturated carbocycles. The van der Waals surface area contributed by atoms with Crippen molar-refractivity contribution in [2.45, 2.75) is 19.9 Å². The minimum absolute atomic E-state index is 0.273. The molecular weight excluding hydrogens is 349 g/mol. The minimum Gasteiger partial charge on any atom is -0.461 e. The van der Waals surface area contributed by atoms with Gasteiger partial charge in [0.2, 0.25) is 5.91 Å². The first-order chi connectivity index (χ1) is 12.9. The van der Waals surface area contributed by atoms with Crippen LogP contribution in [-0.4, -0.2) is 29.5 Å². The average Bonchev–Trinajstić information content (AvgIpc) is 3.05. The van der Waals surface area contributed by atoms with Crippen LogP contribution < -0.4 is 10.6 Å². The highest BCUT2D eigenvalue weighted by atomic mass is 19.1. The number of anilines is 2. The molecule has 0 spiro atoms. The van der Waals surface area contributed by atoms with Crippen LogP contribution in [0, 0.1) is 5.82 Å². The van der Waals surface area contributed by atoms with Crippen LogP contribution in [-0.2, 0) is 9.53 Å². The molecule has 1 amide bonds. The third-order valence-electron chi connectivity index (χ3n) is 4.03. The summed E-state index contributed by atoms with van der Waals surface area (Å²) in [6, 6.07) is 11.8. The van der Waals surface area contributed by atoms with Crippen LogP contribution in [0.2, 0.25) is 0 Å². The van der Waals surface area contributed by atoms with E-state index < -0.39 is 17.8 Å². The second-order valence-electron chi connectivity index (χ2n) is 6.12. The zero-order valence-corrected chi connectivity index (χ0v) is 15.0. The van der Waals surface area contributed by atoms with E-state index in [-0.39, 0.29) is 12.5 Å². The molecule has 3 N–H and O–H groups in total. The number of nitrogens with two attached hydrogens (primary N) is 1. The van der Waals surface area contributed by atoms with Gasteiger partial charge in [0.25, 0.3) is 0 Å². The SMILES string of the molecule is CCOC(=O)c1cc2cc(N(C(=O)C(C)N)c3cccc(F)c3)ccc2[nH]1. The fraction of sp³-hybridized carbons (Fsp3) is 0.200. The molecule has 0 aliphatic carbocycles. The van der Waals surface area contributed by atoms with Gasteiger partial charge in [-0.3, -0.25) is 9.69 Å². The zero-order chi connectivity index (χ0) is 19.6. The lowest BCUT2D eigenvalue weighted by molar-refractivity contribution is -0.118. The Labute approximate surface area is 155 Å². The lowest BCUT2D eigenvalue weighted by Gasteiger charge is -2.25. The number of aromatic nitrogens is 1. The maximum absolute atomic E-state index is 13.7. The van der Waals surface area contributed by atoms with Crippen LogP contribution >= 0.6 is 0 Å². The maximum atomic E-state index is 13.7. The Morgan fingerprint density at radius 3 is 2.59 bits per heavy atom. The number of aromatic amines is 1. The molecule has 0 radical (unpaired) electrons. The Kier molecular flexibility index (Phi) is 5.23. The second-order valence-corrected chi connectivity index (χ2v) is 6.12. The zero-order valence-electron chi connectivity index (χ0n) is 15.0. The number of nitrogens with one attached hydrogen (secondary N) is 1. The molecule has 7 heteroatoms. The van der Waals surface area contributed by atoms with Gasteiger partial charge in [-0.25, -0.2) is 9.18 Å². The van der Waals surface area contributed by atoms with Crippen molar-refractivity contribution in [3.8, 4) is 0 Å². The summed E-state index contributed by atoms with van der Waals surface area (Å²) < 4.78 is 18.7. The molecule has 1 unspecified atom stereocenters. The summed E-state index contributed by atoms with van der Waals surface area (Å²) in [7, 11) is 0. The Morgan fingerprint density at radius 1 is 1.19 bits per heavy atom. The fourth-order valence-electron chi connectivity index (χ4n) is 2.80. The van der Waals surface area contributed by atoms with Gasteiger partial charge in [0.05, 0.1) is 18.3 Å². The number of fused-ring (bicyclic) bond motifs is 1. The average molecular weight is 369 g/mol. The van der Waals surface area contributed by atoms with Gasteiger partial charge in [-0.15, -0.1) is 0 Å². The number of esters is 1. The monoisotopic (exact) mass is 369 g/mol. The number of halogens is 1. The number of carbonyl (C=O) groups is 2. The predicted molar refractivity (Wildman–Crippen MR) is 101 cm³/mol. The molecule has 1 atom stereocenters. The van der Waals surface area contributed by atoms with Crippen LogP contribution in [0.25, 0.3) is 10.9 Å². The molecular formula is C20H20FN3O3. The topological polar surface area (TPSA) is 88.4 Å². The molecule has 1 heterocycles. The molecule has 0 fully saturated rings. The number of hydrogen-bond acceptors (Lipinski definition) is 4. The minimum atomic E-state index is -0.773. The van der Waals surface area contributed by atoms with E-state index in [0.29, 0.717) is 22.6 Å². The van der Waals surface area contributed by atoms with Crippen molar-refractivity contribution in [1.82, 2.24) is 4.98 Å². The van der Waals surface area contributed by atoms with Crippen molar-refractivity contribution >= 4 is 34.2 Å². The lowest BCUT2D eigenvalue weighted by atomic mass is 10.1. The molecule has 0 saturated heterocycles. The summed E-state index contributed by atoms with van der Waals surface area (Å²) in [5, 5.41) is 0.717. The van der Waals surface area contributed by atoms with Crippen molar-refractivity contribution in [3.63, 3.8) is 0 Å². The van der Waals surface area contributed by atoms with Crippen molar-refractivity contribution in [3.05, 3.63) is 60.0 Å². The number of rotatable bonds is 5. The summed E-state index contributed by atoms with van der Waals surface area (Å²) in [5.74, 6) is -1.28. The van der Waals surface area contributed by atoms with E-state index in [2.05, 4.69) is 4.98 Å². The molecule has 3 rings (SSSR count). The van der Waals surface area contributed by atoms with Gasteiger partial charge in [-0.1, -0.05) is 6.07 Å². The van der Waals surface area contributed by atoms with Gasteiger partial charge >= 0.3 is 5.97 Å². The highest BCUT2D eigenvalue weighted by Gasteiger charge is 2.22. The fourth-order valence-corrected chi connectivity index (χ4v) is 2.80. The number of ether oxygens (including phenoxy) is 1. The largest absolute Gasteiger partial charge is 0.461 e. The van der Waals surface area contributed by atoms with Crippen LogP contribution in [0.15, 0.2) is 48.5 Å². The van der Waals surface area contributed by atoms with Crippen molar-refractivity contribution in [1.29, 1.82) is 0 Å². The number of nitrogens with zero attached hydrogens (tertiary/aromatic N) is 1. The van der Waals surface area contributed by atoms with E-state index in [1.165, 1.54) is 23.1 Å². The molecule has 6 nitrogen and oxygen atoms in total. The first kappa shape index (κ1) is 18.6. The van der Waals surface area contributed by atoms with Crippen molar-refractivity contribution < 1.29 is 18.7 Å². The number of hydrogen-bond donors (Lipinski definition) is 2. The standard InChI is InChI=1S/C20H20FN3O3/c1-3-27-20(26)18-10-13-9-16(7-8-17(13)23-18)24(19(25)12(2)22)15-6-4-5-14(21)11-15/h4-12,23H,3,22H2,1-2H3. The number of carbonyl (C=O) groups excluding carboxylic acids is 2. The van der Waals surface area contributed by atoms with Gasteiger partial charge in [-0.2, -0.15) is 0 Å². The molecule has 0 aliphatic rings. The van der Waals surface area contributed by atoms with E-state index >= 15 is 0 Å². The molecule has 0 bridgehead atoms. The molecule has 2 aromatic carbocycles. The lowest BCUT2D eigenvalue weighted by Crippen LogP contribution is -2.39. The smallest absolute Gasteiger partial charge is 0.354 e. The summed E-state index contributed by atoms with van der Waals surface area (Å²) >= 11 is 0. The number of amides is 1. The summed E-state index contributed by atoms with van der Waals surface area (Å²) in [5.41, 5.74) is 7.71. The quantitative estimate of drug-likeness (QED) is 0.674. The summed E-state index contributed by atoms with van der Waals surface area (Å²) in [6.45, 7) is 3.58.